The largest absolute Gasteiger partial charge is 0.537 e. The lowest BCUT2D eigenvalue weighted by atomic mass is 9.77. The first-order valence-electron chi connectivity index (χ1n) is 11.9. The number of imidazole rings is 1. The first kappa shape index (κ1) is 21.8. The zero-order valence-electron chi connectivity index (χ0n) is 19.3. The quantitative estimate of drug-likeness (QED) is 0.207. The van der Waals surface area contributed by atoms with E-state index in [9.17, 15) is 9.59 Å². The Bertz CT molecular complexity index is 1700. The summed E-state index contributed by atoms with van der Waals surface area (Å²) in [6.07, 6.45) is 7.84. The number of benzene rings is 3. The molecule has 0 saturated carbocycles. The van der Waals surface area contributed by atoms with Crippen LogP contribution in [0.3, 0.4) is 0 Å². The van der Waals surface area contributed by atoms with Gasteiger partial charge < -0.3 is 9.78 Å². The lowest BCUT2D eigenvalue weighted by Gasteiger charge is -2.27. The summed E-state index contributed by atoms with van der Waals surface area (Å²) < 4.78 is 1.78. The second-order valence-electron chi connectivity index (χ2n) is 9.26. The van der Waals surface area contributed by atoms with Gasteiger partial charge in [0.15, 0.2) is 6.03 Å². The molecular formula is C28H21N4O2P2-. The van der Waals surface area contributed by atoms with Gasteiger partial charge in [0.2, 0.25) is 0 Å². The van der Waals surface area contributed by atoms with Crippen molar-refractivity contribution in [2.45, 2.75) is 25.7 Å². The molecule has 7 rings (SSSR count). The number of hydrogen-bond acceptors (Lipinski definition) is 4. The van der Waals surface area contributed by atoms with Crippen LogP contribution in [0.15, 0.2) is 54.9 Å². The molecule has 0 spiro atoms. The SMILES string of the molecule is O=[C-]Pc1ncc(-c2ccc3cc4c(cc3c2)CCc2c-4ccc3c2CCc2cn(PC=O)nc2-3)[nH]1. The highest BCUT2D eigenvalue weighted by Crippen LogP contribution is 2.43. The van der Waals surface area contributed by atoms with Crippen molar-refractivity contribution in [3.63, 3.8) is 0 Å². The van der Waals surface area contributed by atoms with Crippen molar-refractivity contribution in [2.24, 2.45) is 0 Å². The number of nitrogens with zero attached hydrogens (tertiary/aromatic N) is 3. The average molecular weight is 507 g/mol. The molecule has 8 heteroatoms. The summed E-state index contributed by atoms with van der Waals surface area (Å²) in [4.78, 5) is 29.2. The Balaban J connectivity index is 1.29. The third kappa shape index (κ3) is 3.48. The van der Waals surface area contributed by atoms with E-state index in [1.807, 2.05) is 12.2 Å². The number of aromatic amines is 1. The highest BCUT2D eigenvalue weighted by atomic mass is 31.1. The maximum atomic E-state index is 11.0. The molecule has 0 aliphatic heterocycles. The van der Waals surface area contributed by atoms with Gasteiger partial charge in [0.05, 0.1) is 31.9 Å². The van der Waals surface area contributed by atoms with E-state index in [2.05, 4.69) is 52.4 Å². The first-order valence-corrected chi connectivity index (χ1v) is 13.9. The summed E-state index contributed by atoms with van der Waals surface area (Å²) in [6.45, 7) is 0. The third-order valence-electron chi connectivity index (χ3n) is 7.36. The Labute approximate surface area is 211 Å². The highest BCUT2D eigenvalue weighted by Gasteiger charge is 2.26. The smallest absolute Gasteiger partial charge is 0.161 e. The van der Waals surface area contributed by atoms with Gasteiger partial charge in [-0.3, -0.25) is 4.79 Å². The number of aryl methyl sites for hydroxylation is 2. The molecule has 0 radical (unpaired) electrons. The lowest BCUT2D eigenvalue weighted by molar-refractivity contribution is 0.568. The predicted molar refractivity (Wildman–Crippen MR) is 147 cm³/mol. The van der Waals surface area contributed by atoms with Gasteiger partial charge in [-0.2, -0.15) is 13.7 Å². The van der Waals surface area contributed by atoms with Gasteiger partial charge in [0.1, 0.15) is 0 Å². The summed E-state index contributed by atoms with van der Waals surface area (Å²) in [7, 11) is -0.0342. The molecular weight excluding hydrogens is 486 g/mol. The molecule has 2 aromatic heterocycles. The Hall–Kier alpha value is -3.46. The van der Waals surface area contributed by atoms with Crippen LogP contribution in [0.2, 0.25) is 0 Å². The molecule has 176 valence electrons. The van der Waals surface area contributed by atoms with Crippen LogP contribution in [0.25, 0.3) is 44.4 Å². The van der Waals surface area contributed by atoms with Crippen LogP contribution >= 0.6 is 17.3 Å². The van der Waals surface area contributed by atoms with Gasteiger partial charge in [0, 0.05) is 17.3 Å². The van der Waals surface area contributed by atoms with E-state index in [0.29, 0.717) is 5.57 Å². The summed E-state index contributed by atoms with van der Waals surface area (Å²) in [5.41, 5.74) is 13.1. The molecule has 2 heterocycles. The van der Waals surface area contributed by atoms with Gasteiger partial charge in [-0.05, 0) is 82.0 Å². The van der Waals surface area contributed by atoms with Crippen molar-refractivity contribution in [1.29, 1.82) is 0 Å². The normalized spacial score (nSPS) is 14.2. The number of carbonyl (C=O) groups excluding carboxylic acids is 2. The highest BCUT2D eigenvalue weighted by molar-refractivity contribution is 7.62. The van der Waals surface area contributed by atoms with E-state index < -0.39 is 0 Å². The molecule has 3 aromatic carbocycles. The summed E-state index contributed by atoms with van der Waals surface area (Å²) in [6, 6.07) is 18.5. The van der Waals surface area contributed by atoms with Crippen LogP contribution in [0.4, 0.5) is 0 Å². The predicted octanol–water partition coefficient (Wildman–Crippen LogP) is 4.96. The Morgan fingerprint density at radius 1 is 0.917 bits per heavy atom. The number of aromatic nitrogens is 4. The molecule has 0 amide bonds. The second kappa shape index (κ2) is 8.58. The van der Waals surface area contributed by atoms with Crippen molar-refractivity contribution in [3.8, 4) is 33.6 Å². The monoisotopic (exact) mass is 507 g/mol. The van der Waals surface area contributed by atoms with E-state index in [0.717, 1.165) is 48.7 Å². The van der Waals surface area contributed by atoms with Gasteiger partial charge in [0.25, 0.3) is 0 Å². The molecule has 6 nitrogen and oxygen atoms in total. The fourth-order valence-electron chi connectivity index (χ4n) is 5.75. The Morgan fingerprint density at radius 2 is 1.75 bits per heavy atom. The van der Waals surface area contributed by atoms with Gasteiger partial charge >= 0.3 is 0 Å². The van der Waals surface area contributed by atoms with Crippen molar-refractivity contribution >= 4 is 45.7 Å². The molecule has 2 aliphatic carbocycles. The second-order valence-corrected chi connectivity index (χ2v) is 11.1. The van der Waals surface area contributed by atoms with Crippen molar-refractivity contribution < 1.29 is 9.59 Å². The van der Waals surface area contributed by atoms with Gasteiger partial charge in [-0.25, -0.2) is 15.5 Å². The van der Waals surface area contributed by atoms with Gasteiger partial charge in [-0.1, -0.05) is 30.3 Å². The van der Waals surface area contributed by atoms with E-state index in [1.54, 1.807) is 10.6 Å². The van der Waals surface area contributed by atoms with E-state index in [1.165, 1.54) is 49.7 Å². The van der Waals surface area contributed by atoms with Crippen molar-refractivity contribution in [3.05, 3.63) is 77.1 Å². The molecule has 0 fully saturated rings. The Morgan fingerprint density at radius 3 is 2.61 bits per heavy atom. The molecule has 0 bridgehead atoms. The average Bonchev–Trinajstić information content (AvgIpc) is 3.54. The molecule has 5 aromatic rings. The van der Waals surface area contributed by atoms with Gasteiger partial charge in [-0.15, -0.1) is 0 Å². The molecule has 2 unspecified atom stereocenters. The minimum Gasteiger partial charge on any atom is -0.537 e. The lowest BCUT2D eigenvalue weighted by Crippen LogP contribution is -2.12. The van der Waals surface area contributed by atoms with Crippen molar-refractivity contribution in [2.75, 3.05) is 0 Å². The maximum absolute atomic E-state index is 11.0. The molecule has 36 heavy (non-hydrogen) atoms. The van der Waals surface area contributed by atoms with Crippen LogP contribution in [-0.4, -0.2) is 31.6 Å². The summed E-state index contributed by atoms with van der Waals surface area (Å²) in [5.74, 6) is 0. The first-order chi connectivity index (χ1) is 17.7. The fourth-order valence-corrected chi connectivity index (χ4v) is 6.67. The van der Waals surface area contributed by atoms with E-state index in [4.69, 9.17) is 5.10 Å². The molecule has 2 atom stereocenters. The van der Waals surface area contributed by atoms with Crippen LogP contribution in [0.1, 0.15) is 22.3 Å². The number of nitrogens with one attached hydrogen (secondary N) is 1. The zero-order valence-corrected chi connectivity index (χ0v) is 21.3. The maximum Gasteiger partial charge on any atom is 0.161 e. The third-order valence-corrected chi connectivity index (χ3v) is 8.55. The standard InChI is InChI=1S/C28H21N4O2P2/c33-14-35-28-29-12-26(30-28)18-2-1-16-11-25-17(9-20(16)10-18)3-5-21-22-6-4-19-13-32(36-15-34)31-27(19)24(22)8-7-23(21)25/h1-2,7-13,15,35-36H,3-6H2,(H,29,30)/q-1. The summed E-state index contributed by atoms with van der Waals surface area (Å²) in [5, 5.41) is 7.15. The van der Waals surface area contributed by atoms with Crippen molar-refractivity contribution in [1.82, 2.24) is 19.5 Å². The van der Waals surface area contributed by atoms with Crippen LogP contribution < -0.4 is 5.57 Å². The number of hydrogen-bond donors (Lipinski definition) is 1. The zero-order chi connectivity index (χ0) is 24.2. The van der Waals surface area contributed by atoms with E-state index >= 15 is 0 Å². The fraction of sp³-hybridized carbons (Fsp3) is 0.143. The van der Waals surface area contributed by atoms with Crippen LogP contribution in [0.5, 0.6) is 0 Å². The number of carbonyl (C=O) groups is 1. The van der Waals surface area contributed by atoms with E-state index in [-0.39, 0.29) is 17.3 Å². The minimum absolute atomic E-state index is 0.0432. The molecule has 2 aliphatic rings. The number of fused-ring (bicyclic) bond motifs is 8. The van der Waals surface area contributed by atoms with Crippen LogP contribution in [0, 0.1) is 0 Å². The minimum atomic E-state index is -0.0775. The topological polar surface area (TPSA) is 80.6 Å². The molecule has 0 saturated heterocycles. The van der Waals surface area contributed by atoms with Crippen LogP contribution in [-0.2, 0) is 35.3 Å². The molecule has 1 N–H and O–H groups in total. The number of rotatable bonds is 5. The number of H-pyrrole nitrogens is 1. The summed E-state index contributed by atoms with van der Waals surface area (Å²) >= 11 is 0. The Kier molecular flexibility index (Phi) is 5.20.